The molecule has 0 bridgehead atoms. The number of nitrogens with zero attached hydrogens (tertiary/aromatic N) is 2. The number of hydrogen-bond acceptors (Lipinski definition) is 6. The van der Waals surface area contributed by atoms with Gasteiger partial charge in [-0.1, -0.05) is 37.7 Å². The van der Waals surface area contributed by atoms with E-state index in [2.05, 4.69) is 26.1 Å². The van der Waals surface area contributed by atoms with Crippen LogP contribution in [0.25, 0.3) is 0 Å². The van der Waals surface area contributed by atoms with Crippen LogP contribution in [-0.2, 0) is 15.8 Å². The molecule has 1 unspecified atom stereocenters. The van der Waals surface area contributed by atoms with Crippen LogP contribution in [0.3, 0.4) is 0 Å². The maximum Gasteiger partial charge on any atom is 0.445 e. The van der Waals surface area contributed by atoms with E-state index in [4.69, 9.17) is 0 Å². The molecule has 1 aromatic rings. The zero-order chi connectivity index (χ0) is 20.7. The number of nitrogens with one attached hydrogen (secondary N) is 3. The predicted molar refractivity (Wildman–Crippen MR) is 99.7 cm³/mol. The average Bonchev–Trinajstić information content (AvgIpc) is 3.09. The number of anilines is 1. The van der Waals surface area contributed by atoms with E-state index in [9.17, 15) is 22.8 Å². The first kappa shape index (κ1) is 22.3. The summed E-state index contributed by atoms with van der Waals surface area (Å²) in [5.41, 5.74) is 0. The maximum absolute atomic E-state index is 12.5. The Kier molecular flexibility index (Phi) is 7.93. The molecule has 0 spiro atoms. The monoisotopic (exact) mass is 419 g/mol. The average molecular weight is 419 g/mol. The molecule has 28 heavy (non-hydrogen) atoms. The first-order valence-corrected chi connectivity index (χ1v) is 9.90. The topological polar surface area (TPSA) is 96.0 Å². The molecule has 1 aromatic heterocycles. The minimum atomic E-state index is -4.60. The van der Waals surface area contributed by atoms with Crippen LogP contribution in [0.5, 0.6) is 0 Å². The molecule has 2 amide bonds. The predicted octanol–water partition coefficient (Wildman–Crippen LogP) is 2.72. The van der Waals surface area contributed by atoms with Crippen LogP contribution in [0.4, 0.5) is 18.3 Å². The van der Waals surface area contributed by atoms with E-state index >= 15 is 0 Å². The number of carbonyl (C=O) groups excluding carboxylic acids is 2. The van der Waals surface area contributed by atoms with Crippen LogP contribution in [0, 0.1) is 5.92 Å². The van der Waals surface area contributed by atoms with Crippen LogP contribution in [0.2, 0.25) is 0 Å². The van der Waals surface area contributed by atoms with Gasteiger partial charge in [0.25, 0.3) is 0 Å². The van der Waals surface area contributed by atoms with Gasteiger partial charge in [-0.25, -0.2) is 0 Å². The van der Waals surface area contributed by atoms with Crippen LogP contribution >= 0.6 is 11.3 Å². The number of amides is 2. The lowest BCUT2D eigenvalue weighted by molar-refractivity contribution is -0.138. The molecular weight excluding hydrogens is 395 g/mol. The van der Waals surface area contributed by atoms with Crippen LogP contribution in [-0.4, -0.2) is 40.6 Å². The summed E-state index contributed by atoms with van der Waals surface area (Å²) in [5.74, 6) is -0.479. The molecule has 2 rings (SSSR count). The molecule has 0 aliphatic carbocycles. The van der Waals surface area contributed by atoms with Gasteiger partial charge in [-0.3, -0.25) is 14.9 Å². The highest BCUT2D eigenvalue weighted by molar-refractivity contribution is 7.15. The molecule has 1 fully saturated rings. The van der Waals surface area contributed by atoms with Gasteiger partial charge in [-0.15, -0.1) is 10.2 Å². The highest BCUT2D eigenvalue weighted by Gasteiger charge is 2.35. The number of carbonyl (C=O) groups is 2. The molecule has 0 saturated carbocycles. The zero-order valence-electron chi connectivity index (χ0n) is 15.7. The summed E-state index contributed by atoms with van der Waals surface area (Å²) in [4.78, 5) is 24.4. The smallest absolute Gasteiger partial charge is 0.349 e. The lowest BCUT2D eigenvalue weighted by atomic mass is 10.0. The molecule has 156 valence electrons. The van der Waals surface area contributed by atoms with Crippen LogP contribution < -0.4 is 16.0 Å². The van der Waals surface area contributed by atoms with Gasteiger partial charge in [0.05, 0.1) is 6.04 Å². The number of halogens is 3. The number of rotatable bonds is 7. The summed E-state index contributed by atoms with van der Waals surface area (Å²) in [6.07, 6.45) is 1.55. The Morgan fingerprint density at radius 3 is 2.64 bits per heavy atom. The van der Waals surface area contributed by atoms with Crippen molar-refractivity contribution in [2.75, 3.05) is 11.9 Å². The van der Waals surface area contributed by atoms with Gasteiger partial charge in [0, 0.05) is 12.1 Å². The Hall–Kier alpha value is -2.01. The zero-order valence-corrected chi connectivity index (χ0v) is 16.5. The first-order valence-electron chi connectivity index (χ1n) is 9.09. The van der Waals surface area contributed by atoms with Crippen molar-refractivity contribution in [3.8, 4) is 0 Å². The summed E-state index contributed by atoms with van der Waals surface area (Å²) in [5, 5.41) is 13.3. The number of aromatic nitrogens is 2. The lowest BCUT2D eigenvalue weighted by Crippen LogP contribution is -2.49. The van der Waals surface area contributed by atoms with Crippen molar-refractivity contribution < 1.29 is 22.8 Å². The first-order chi connectivity index (χ1) is 13.1. The summed E-state index contributed by atoms with van der Waals surface area (Å²) >= 11 is 0.251. The second-order valence-electron chi connectivity index (χ2n) is 7.01. The van der Waals surface area contributed by atoms with Crippen molar-refractivity contribution in [2.45, 2.75) is 57.8 Å². The molecule has 7 nitrogen and oxygen atoms in total. The molecule has 3 N–H and O–H groups in total. The lowest BCUT2D eigenvalue weighted by Gasteiger charge is -2.25. The standard InChI is InChI=1S/C17H24F3N5O2S/c1-10(2)9-11(22-14(27)12-5-3-4-8-21-12)6-7-13(26)23-16-25-24-15(28-16)17(18,19)20/h6-7,10-12,21H,3-5,8-9H2,1-2H3,(H,22,27)(H,23,25,26)/b7-6+/t11-,12?/m1/s1. The Balaban J connectivity index is 1.94. The fourth-order valence-corrected chi connectivity index (χ4v) is 3.41. The number of alkyl halides is 3. The Morgan fingerprint density at radius 1 is 1.32 bits per heavy atom. The minimum Gasteiger partial charge on any atom is -0.349 e. The largest absolute Gasteiger partial charge is 0.445 e. The van der Waals surface area contributed by atoms with Gasteiger partial charge in [-0.05, 0) is 31.7 Å². The molecule has 1 aliphatic heterocycles. The van der Waals surface area contributed by atoms with E-state index in [1.54, 1.807) is 6.08 Å². The second-order valence-corrected chi connectivity index (χ2v) is 7.98. The van der Waals surface area contributed by atoms with Gasteiger partial charge < -0.3 is 10.6 Å². The van der Waals surface area contributed by atoms with E-state index in [0.717, 1.165) is 25.8 Å². The summed E-state index contributed by atoms with van der Waals surface area (Å²) < 4.78 is 37.6. The van der Waals surface area contributed by atoms with Crippen LogP contribution in [0.1, 0.15) is 44.5 Å². The highest BCUT2D eigenvalue weighted by Crippen LogP contribution is 2.32. The quantitative estimate of drug-likeness (QED) is 0.591. The Bertz CT molecular complexity index is 699. The van der Waals surface area contributed by atoms with E-state index in [1.807, 2.05) is 13.8 Å². The van der Waals surface area contributed by atoms with Crippen molar-refractivity contribution in [1.82, 2.24) is 20.8 Å². The Labute approximate surface area is 165 Å². The summed E-state index contributed by atoms with van der Waals surface area (Å²) in [7, 11) is 0. The Morgan fingerprint density at radius 2 is 2.07 bits per heavy atom. The second kappa shape index (κ2) is 9.97. The minimum absolute atomic E-state index is 0.116. The van der Waals surface area contributed by atoms with Gasteiger partial charge in [-0.2, -0.15) is 13.2 Å². The molecular formula is C17H24F3N5O2S. The van der Waals surface area contributed by atoms with Crippen molar-refractivity contribution in [2.24, 2.45) is 5.92 Å². The molecule has 2 atom stereocenters. The molecule has 0 radical (unpaired) electrons. The summed E-state index contributed by atoms with van der Waals surface area (Å²) in [6, 6.07) is -0.602. The molecule has 1 aliphatic rings. The van der Waals surface area contributed by atoms with Gasteiger partial charge >= 0.3 is 6.18 Å². The van der Waals surface area contributed by atoms with Crippen molar-refractivity contribution in [3.63, 3.8) is 0 Å². The van der Waals surface area contributed by atoms with E-state index in [-0.39, 0.29) is 40.4 Å². The SMILES string of the molecule is CC(C)C[C@@H](/C=C/C(=O)Nc1nnc(C(F)(F)F)s1)NC(=O)C1CCCCN1. The van der Waals surface area contributed by atoms with Crippen molar-refractivity contribution >= 4 is 28.3 Å². The highest BCUT2D eigenvalue weighted by atomic mass is 32.1. The fraction of sp³-hybridized carbons (Fsp3) is 0.647. The molecule has 0 aromatic carbocycles. The van der Waals surface area contributed by atoms with Crippen LogP contribution in [0.15, 0.2) is 12.2 Å². The van der Waals surface area contributed by atoms with E-state index in [1.165, 1.54) is 6.08 Å². The summed E-state index contributed by atoms with van der Waals surface area (Å²) in [6.45, 7) is 4.78. The molecule has 1 saturated heterocycles. The van der Waals surface area contributed by atoms with E-state index in [0.29, 0.717) is 6.42 Å². The van der Waals surface area contributed by atoms with Gasteiger partial charge in [0.1, 0.15) is 0 Å². The van der Waals surface area contributed by atoms with Gasteiger partial charge in [0.15, 0.2) is 0 Å². The van der Waals surface area contributed by atoms with Crippen molar-refractivity contribution in [3.05, 3.63) is 17.2 Å². The maximum atomic E-state index is 12.5. The van der Waals surface area contributed by atoms with Crippen molar-refractivity contribution in [1.29, 1.82) is 0 Å². The molecule has 2 heterocycles. The molecule has 11 heteroatoms. The van der Waals surface area contributed by atoms with E-state index < -0.39 is 17.1 Å². The third-order valence-electron chi connectivity index (χ3n) is 4.06. The van der Waals surface area contributed by atoms with Gasteiger partial charge in [0.2, 0.25) is 22.0 Å². The third-order valence-corrected chi connectivity index (χ3v) is 4.94. The fourth-order valence-electron chi connectivity index (χ4n) is 2.79. The number of piperidine rings is 1. The normalized spacial score (nSPS) is 19.0. The third kappa shape index (κ3) is 7.19. The number of hydrogen-bond donors (Lipinski definition) is 3.